The molecule has 19 heavy (non-hydrogen) atoms. The lowest BCUT2D eigenvalue weighted by Crippen LogP contribution is -2.05. The van der Waals surface area contributed by atoms with Crippen LogP contribution in [0.1, 0.15) is 10.4 Å². The number of methoxy groups -OCH3 is 1. The van der Waals surface area contributed by atoms with Crippen molar-refractivity contribution in [2.75, 3.05) is 12.8 Å². The number of hydrogen-bond acceptors (Lipinski definition) is 7. The van der Waals surface area contributed by atoms with Gasteiger partial charge in [0.1, 0.15) is 0 Å². The summed E-state index contributed by atoms with van der Waals surface area (Å²) in [4.78, 5) is 19.9. The van der Waals surface area contributed by atoms with Gasteiger partial charge in [0.2, 0.25) is 5.82 Å². The minimum absolute atomic E-state index is 0.322. The number of nitrogens with zero attached hydrogens (tertiary/aromatic N) is 4. The van der Waals surface area contributed by atoms with Gasteiger partial charge in [-0.15, -0.1) is 16.4 Å². The van der Waals surface area contributed by atoms with E-state index in [1.54, 1.807) is 6.20 Å². The van der Waals surface area contributed by atoms with Crippen LogP contribution in [0, 0.1) is 0 Å². The third-order valence-corrected chi connectivity index (χ3v) is 3.28. The molecule has 8 heteroatoms. The average molecular weight is 275 g/mol. The molecule has 0 aliphatic heterocycles. The highest BCUT2D eigenvalue weighted by molar-refractivity contribution is 7.13. The Morgan fingerprint density at radius 1 is 1.53 bits per heavy atom. The van der Waals surface area contributed by atoms with Gasteiger partial charge >= 0.3 is 5.97 Å². The summed E-state index contributed by atoms with van der Waals surface area (Å²) in [5.41, 5.74) is 7.03. The monoisotopic (exact) mass is 275 g/mol. The van der Waals surface area contributed by atoms with Gasteiger partial charge in [-0.05, 0) is 6.07 Å². The Bertz CT molecular complexity index is 750. The molecular formula is C11H9N5O2S. The number of nitrogens with two attached hydrogens (primary N) is 1. The van der Waals surface area contributed by atoms with Crippen LogP contribution in [0.15, 0.2) is 23.8 Å². The van der Waals surface area contributed by atoms with E-state index in [1.807, 2.05) is 5.38 Å². The summed E-state index contributed by atoms with van der Waals surface area (Å²) in [6.07, 6.45) is 3.20. The van der Waals surface area contributed by atoms with Crippen LogP contribution in [-0.4, -0.2) is 32.7 Å². The maximum Gasteiger partial charge on any atom is 0.339 e. The second kappa shape index (κ2) is 4.32. The smallest absolute Gasteiger partial charge is 0.339 e. The molecule has 0 aliphatic carbocycles. The largest absolute Gasteiger partial charge is 0.465 e. The van der Waals surface area contributed by atoms with Crippen molar-refractivity contribution in [1.82, 2.24) is 19.6 Å². The van der Waals surface area contributed by atoms with Gasteiger partial charge in [-0.25, -0.2) is 19.3 Å². The van der Waals surface area contributed by atoms with Gasteiger partial charge in [0, 0.05) is 17.8 Å². The van der Waals surface area contributed by atoms with E-state index < -0.39 is 5.97 Å². The molecule has 0 radical (unpaired) electrons. The van der Waals surface area contributed by atoms with Crippen molar-refractivity contribution in [3.05, 3.63) is 29.4 Å². The Balaban J connectivity index is 2.17. The first-order valence-corrected chi connectivity index (χ1v) is 6.21. The van der Waals surface area contributed by atoms with E-state index in [4.69, 9.17) is 5.73 Å². The molecule has 0 bridgehead atoms. The highest BCUT2D eigenvalue weighted by Gasteiger charge is 2.14. The van der Waals surface area contributed by atoms with Crippen molar-refractivity contribution in [3.63, 3.8) is 0 Å². The zero-order valence-electron chi connectivity index (χ0n) is 9.90. The molecule has 0 aliphatic rings. The zero-order valence-corrected chi connectivity index (χ0v) is 10.7. The van der Waals surface area contributed by atoms with Gasteiger partial charge < -0.3 is 10.5 Å². The molecule has 0 saturated carbocycles. The number of esters is 1. The molecule has 0 fully saturated rings. The summed E-state index contributed by atoms with van der Waals surface area (Å²) in [7, 11) is 1.31. The lowest BCUT2D eigenvalue weighted by atomic mass is 10.2. The number of carbonyl (C=O) groups is 1. The molecule has 0 unspecified atom stereocenters. The number of nitrogen functional groups attached to an aromatic ring is 1. The number of carbonyl (C=O) groups excluding carboxylic acids is 1. The molecule has 3 rings (SSSR count). The summed E-state index contributed by atoms with van der Waals surface area (Å²) in [5.74, 6) is 0.00335. The Hall–Kier alpha value is -2.48. The first-order chi connectivity index (χ1) is 9.19. The number of fused-ring (bicyclic) bond motifs is 1. The predicted octanol–water partition coefficient (Wildman–Crippen LogP) is 1.22. The van der Waals surface area contributed by atoms with E-state index in [-0.39, 0.29) is 0 Å². The number of ether oxygens (including phenoxy) is 1. The number of pyridine rings is 1. The standard InChI is InChI=1S/C11H9N5O2S/c1-18-11(17)6-4-7(12)9-14-8(15-16(9)5-6)10-13-2-3-19-10/h2-5H,12H2,1H3. The number of thiazole rings is 1. The molecular weight excluding hydrogens is 266 g/mol. The SMILES string of the molecule is COC(=O)c1cc(N)c2nc(-c3nccs3)nn2c1. The molecule has 3 aromatic heterocycles. The second-order valence-electron chi connectivity index (χ2n) is 3.72. The number of aromatic nitrogens is 4. The molecule has 0 atom stereocenters. The highest BCUT2D eigenvalue weighted by atomic mass is 32.1. The van der Waals surface area contributed by atoms with Crippen molar-refractivity contribution >= 4 is 28.6 Å². The van der Waals surface area contributed by atoms with Gasteiger partial charge in [-0.1, -0.05) is 0 Å². The van der Waals surface area contributed by atoms with Crippen molar-refractivity contribution < 1.29 is 9.53 Å². The number of anilines is 1. The van der Waals surface area contributed by atoms with Gasteiger partial charge in [0.05, 0.1) is 18.4 Å². The Kier molecular flexibility index (Phi) is 2.64. The van der Waals surface area contributed by atoms with Crippen LogP contribution >= 0.6 is 11.3 Å². The first-order valence-electron chi connectivity index (χ1n) is 5.33. The third kappa shape index (κ3) is 1.91. The fourth-order valence-electron chi connectivity index (χ4n) is 1.67. The van der Waals surface area contributed by atoms with Crippen LogP contribution in [0.5, 0.6) is 0 Å². The molecule has 2 N–H and O–H groups in total. The fraction of sp³-hybridized carbons (Fsp3) is 0.0909. The van der Waals surface area contributed by atoms with Crippen LogP contribution in [0.2, 0.25) is 0 Å². The summed E-state index contributed by atoms with van der Waals surface area (Å²) in [6.45, 7) is 0. The van der Waals surface area contributed by atoms with Crippen LogP contribution < -0.4 is 5.73 Å². The normalized spacial score (nSPS) is 10.8. The van der Waals surface area contributed by atoms with Gasteiger partial charge in [-0.3, -0.25) is 0 Å². The van der Waals surface area contributed by atoms with Gasteiger partial charge in [0.25, 0.3) is 0 Å². The van der Waals surface area contributed by atoms with Crippen molar-refractivity contribution in [3.8, 4) is 10.8 Å². The molecule has 7 nitrogen and oxygen atoms in total. The Morgan fingerprint density at radius 3 is 3.05 bits per heavy atom. The average Bonchev–Trinajstić information content (AvgIpc) is 3.05. The van der Waals surface area contributed by atoms with Crippen molar-refractivity contribution in [1.29, 1.82) is 0 Å². The molecule has 0 spiro atoms. The van der Waals surface area contributed by atoms with E-state index in [1.165, 1.54) is 35.2 Å². The van der Waals surface area contributed by atoms with Crippen molar-refractivity contribution in [2.24, 2.45) is 0 Å². The van der Waals surface area contributed by atoms with E-state index in [0.717, 1.165) is 0 Å². The minimum Gasteiger partial charge on any atom is -0.465 e. The quantitative estimate of drug-likeness (QED) is 0.706. The molecule has 3 heterocycles. The fourth-order valence-corrected chi connectivity index (χ4v) is 2.23. The van der Waals surface area contributed by atoms with Crippen LogP contribution in [0.3, 0.4) is 0 Å². The van der Waals surface area contributed by atoms with E-state index in [0.29, 0.717) is 27.7 Å². The van der Waals surface area contributed by atoms with Gasteiger partial charge in [0.15, 0.2) is 10.7 Å². The Morgan fingerprint density at radius 2 is 2.37 bits per heavy atom. The minimum atomic E-state index is -0.472. The third-order valence-electron chi connectivity index (χ3n) is 2.51. The molecule has 96 valence electrons. The summed E-state index contributed by atoms with van der Waals surface area (Å²) in [6, 6.07) is 1.52. The summed E-state index contributed by atoms with van der Waals surface area (Å²) < 4.78 is 6.11. The van der Waals surface area contributed by atoms with Crippen molar-refractivity contribution in [2.45, 2.75) is 0 Å². The zero-order chi connectivity index (χ0) is 13.4. The first kappa shape index (κ1) is 11.6. The number of hydrogen-bond donors (Lipinski definition) is 1. The van der Waals surface area contributed by atoms with Crippen LogP contribution in [-0.2, 0) is 4.74 Å². The molecule has 0 aromatic carbocycles. The van der Waals surface area contributed by atoms with E-state index in [9.17, 15) is 4.79 Å². The van der Waals surface area contributed by atoms with Gasteiger partial charge in [-0.2, -0.15) is 0 Å². The van der Waals surface area contributed by atoms with E-state index >= 15 is 0 Å². The predicted molar refractivity (Wildman–Crippen MR) is 69.8 cm³/mol. The highest BCUT2D eigenvalue weighted by Crippen LogP contribution is 2.21. The van der Waals surface area contributed by atoms with Crippen LogP contribution in [0.25, 0.3) is 16.5 Å². The Labute approximate surface area is 111 Å². The number of rotatable bonds is 2. The lowest BCUT2D eigenvalue weighted by molar-refractivity contribution is 0.0600. The molecule has 0 saturated heterocycles. The molecule has 3 aromatic rings. The maximum absolute atomic E-state index is 11.5. The maximum atomic E-state index is 11.5. The summed E-state index contributed by atoms with van der Waals surface area (Å²) in [5, 5.41) is 6.79. The molecule has 0 amide bonds. The second-order valence-corrected chi connectivity index (χ2v) is 4.61. The lowest BCUT2D eigenvalue weighted by Gasteiger charge is -2.01. The van der Waals surface area contributed by atoms with Crippen LogP contribution in [0.4, 0.5) is 5.69 Å². The topological polar surface area (TPSA) is 95.4 Å². The van der Waals surface area contributed by atoms with E-state index in [2.05, 4.69) is 19.8 Å². The summed E-state index contributed by atoms with van der Waals surface area (Å²) >= 11 is 1.43.